The van der Waals surface area contributed by atoms with Crippen LogP contribution in [-0.2, 0) is 0 Å². The number of anilines is 1. The molecular weight excluding hydrogens is 410 g/mol. The summed E-state index contributed by atoms with van der Waals surface area (Å²) in [5.74, 6) is 1.85. The third kappa shape index (κ3) is 4.14. The lowest BCUT2D eigenvalue weighted by molar-refractivity contribution is 0.0772. The van der Waals surface area contributed by atoms with Gasteiger partial charge >= 0.3 is 0 Å². The second-order valence-electron chi connectivity index (χ2n) is 6.40. The molecule has 5 nitrogen and oxygen atoms in total. The van der Waals surface area contributed by atoms with Gasteiger partial charge in [0.1, 0.15) is 9.88 Å². The average molecular weight is 430 g/mol. The van der Waals surface area contributed by atoms with E-state index in [2.05, 4.69) is 10.3 Å². The highest BCUT2D eigenvalue weighted by Crippen LogP contribution is 2.29. The zero-order valence-corrected chi connectivity index (χ0v) is 17.8. The van der Waals surface area contributed by atoms with Crippen molar-refractivity contribution in [3.05, 3.63) is 57.9 Å². The quantitative estimate of drug-likeness (QED) is 0.657. The molecule has 1 fully saturated rings. The molecule has 3 heterocycles. The predicted octanol–water partition coefficient (Wildman–Crippen LogP) is 4.62. The minimum absolute atomic E-state index is 0.0596. The van der Waals surface area contributed by atoms with E-state index in [1.807, 2.05) is 47.2 Å². The Kier molecular flexibility index (Phi) is 5.79. The van der Waals surface area contributed by atoms with Gasteiger partial charge < -0.3 is 10.2 Å². The predicted molar refractivity (Wildman–Crippen MR) is 118 cm³/mol. The highest BCUT2D eigenvalue weighted by atomic mass is 32.2. The number of carbonyl (C=O) groups is 2. The van der Waals surface area contributed by atoms with Gasteiger partial charge in [0.2, 0.25) is 0 Å². The van der Waals surface area contributed by atoms with Crippen LogP contribution >= 0.6 is 34.4 Å². The maximum Gasteiger partial charge on any atom is 0.267 e. The van der Waals surface area contributed by atoms with Crippen molar-refractivity contribution in [2.45, 2.75) is 6.92 Å². The molecule has 0 saturated carbocycles. The molecule has 1 saturated heterocycles. The Labute approximate surface area is 175 Å². The molecule has 8 heteroatoms. The van der Waals surface area contributed by atoms with Crippen LogP contribution in [0, 0.1) is 6.92 Å². The van der Waals surface area contributed by atoms with Gasteiger partial charge in [-0.3, -0.25) is 9.59 Å². The van der Waals surface area contributed by atoms with Crippen LogP contribution in [0.3, 0.4) is 0 Å². The zero-order valence-electron chi connectivity index (χ0n) is 15.3. The highest BCUT2D eigenvalue weighted by molar-refractivity contribution is 7.99. The van der Waals surface area contributed by atoms with Crippen LogP contribution in [0.2, 0.25) is 0 Å². The Balaban J connectivity index is 1.46. The molecule has 0 bridgehead atoms. The smallest absolute Gasteiger partial charge is 0.267 e. The minimum Gasteiger partial charge on any atom is -0.337 e. The van der Waals surface area contributed by atoms with E-state index in [0.29, 0.717) is 16.1 Å². The first-order valence-electron chi connectivity index (χ1n) is 8.90. The molecule has 0 radical (unpaired) electrons. The van der Waals surface area contributed by atoms with Gasteiger partial charge in [0, 0.05) is 35.8 Å². The largest absolute Gasteiger partial charge is 0.337 e. The van der Waals surface area contributed by atoms with Crippen LogP contribution in [0.25, 0.3) is 9.88 Å². The number of thioether (sulfide) groups is 1. The van der Waals surface area contributed by atoms with Crippen molar-refractivity contribution < 1.29 is 9.59 Å². The number of thiazole rings is 1. The van der Waals surface area contributed by atoms with Gasteiger partial charge in [0.15, 0.2) is 0 Å². The van der Waals surface area contributed by atoms with Crippen LogP contribution in [0.4, 0.5) is 5.69 Å². The molecule has 2 aromatic heterocycles. The summed E-state index contributed by atoms with van der Waals surface area (Å²) < 4.78 is 0. The summed E-state index contributed by atoms with van der Waals surface area (Å²) in [6.45, 7) is 3.49. The van der Waals surface area contributed by atoms with Crippen molar-refractivity contribution >= 4 is 51.9 Å². The van der Waals surface area contributed by atoms with Gasteiger partial charge in [0.25, 0.3) is 11.8 Å². The van der Waals surface area contributed by atoms with E-state index in [-0.39, 0.29) is 11.8 Å². The lowest BCUT2D eigenvalue weighted by Crippen LogP contribution is -2.37. The molecular formula is C20H19N3O2S3. The number of aryl methyl sites for hydroxylation is 1. The van der Waals surface area contributed by atoms with Crippen molar-refractivity contribution in [2.24, 2.45) is 0 Å². The molecule has 0 atom stereocenters. The third-order valence-electron chi connectivity index (χ3n) is 4.48. The van der Waals surface area contributed by atoms with Crippen molar-refractivity contribution in [1.82, 2.24) is 9.88 Å². The summed E-state index contributed by atoms with van der Waals surface area (Å²) in [6, 6.07) is 9.41. The fourth-order valence-electron chi connectivity index (χ4n) is 2.96. The number of nitrogens with one attached hydrogen (secondary N) is 1. The maximum absolute atomic E-state index is 12.6. The summed E-state index contributed by atoms with van der Waals surface area (Å²) in [5.41, 5.74) is 2.25. The first-order valence-corrected chi connectivity index (χ1v) is 11.8. The van der Waals surface area contributed by atoms with E-state index in [1.54, 1.807) is 29.7 Å². The second kappa shape index (κ2) is 8.46. The van der Waals surface area contributed by atoms with Crippen molar-refractivity contribution in [2.75, 3.05) is 29.9 Å². The maximum atomic E-state index is 12.6. The number of thiophene rings is 1. The Morgan fingerprint density at radius 1 is 1.18 bits per heavy atom. The summed E-state index contributed by atoms with van der Waals surface area (Å²) in [6.07, 6.45) is 1.61. The molecule has 144 valence electrons. The van der Waals surface area contributed by atoms with E-state index in [4.69, 9.17) is 0 Å². The van der Waals surface area contributed by atoms with Crippen LogP contribution < -0.4 is 5.32 Å². The Bertz CT molecular complexity index is 992. The Morgan fingerprint density at radius 3 is 2.71 bits per heavy atom. The molecule has 4 rings (SSSR count). The molecule has 1 aromatic carbocycles. The molecule has 0 aliphatic carbocycles. The first-order chi connectivity index (χ1) is 13.6. The van der Waals surface area contributed by atoms with E-state index < -0.39 is 0 Å². The van der Waals surface area contributed by atoms with Crippen LogP contribution in [0.1, 0.15) is 25.6 Å². The standard InChI is InChI=1S/C20H19N3O2S3/c1-13-11-14(20(25)23-6-9-26-10-7-23)4-5-15(13)22-18(24)17-12-21-19(28-17)16-3-2-8-27-16/h2-5,8,11-12H,6-7,9-10H2,1H3,(H,22,24). The van der Waals surface area contributed by atoms with Gasteiger partial charge in [-0.2, -0.15) is 11.8 Å². The number of aromatic nitrogens is 1. The number of carbonyl (C=O) groups excluding carboxylic acids is 2. The SMILES string of the molecule is Cc1cc(C(=O)N2CCSCC2)ccc1NC(=O)c1cnc(-c2cccs2)s1. The molecule has 0 spiro atoms. The number of hydrogen-bond donors (Lipinski definition) is 1. The van der Waals surface area contributed by atoms with Crippen LogP contribution in [0.15, 0.2) is 41.9 Å². The fraction of sp³-hybridized carbons (Fsp3) is 0.250. The summed E-state index contributed by atoms with van der Waals surface area (Å²) in [4.78, 5) is 33.1. The van der Waals surface area contributed by atoms with Crippen LogP contribution in [0.5, 0.6) is 0 Å². The number of rotatable bonds is 4. The van der Waals surface area contributed by atoms with Gasteiger partial charge in [-0.25, -0.2) is 4.98 Å². The van der Waals surface area contributed by atoms with E-state index in [0.717, 1.165) is 40.0 Å². The van der Waals surface area contributed by atoms with Crippen molar-refractivity contribution in [1.29, 1.82) is 0 Å². The van der Waals surface area contributed by atoms with Gasteiger partial charge in [0.05, 0.1) is 11.1 Å². The average Bonchev–Trinajstić information content (AvgIpc) is 3.41. The molecule has 1 N–H and O–H groups in total. The second-order valence-corrected chi connectivity index (χ2v) is 9.60. The molecule has 1 aliphatic rings. The lowest BCUT2D eigenvalue weighted by Gasteiger charge is -2.26. The van der Waals surface area contributed by atoms with Crippen LogP contribution in [-0.4, -0.2) is 46.3 Å². The number of benzene rings is 1. The fourth-order valence-corrected chi connectivity index (χ4v) is 5.48. The molecule has 3 aromatic rings. The zero-order chi connectivity index (χ0) is 19.5. The Morgan fingerprint density at radius 2 is 2.00 bits per heavy atom. The lowest BCUT2D eigenvalue weighted by atomic mass is 10.1. The van der Waals surface area contributed by atoms with Gasteiger partial charge in [-0.1, -0.05) is 6.07 Å². The highest BCUT2D eigenvalue weighted by Gasteiger charge is 2.19. The van der Waals surface area contributed by atoms with Gasteiger partial charge in [-0.15, -0.1) is 22.7 Å². The third-order valence-corrected chi connectivity index (χ3v) is 7.46. The topological polar surface area (TPSA) is 62.3 Å². The molecule has 0 unspecified atom stereocenters. The summed E-state index contributed by atoms with van der Waals surface area (Å²) >= 11 is 4.86. The monoisotopic (exact) mass is 429 g/mol. The van der Waals surface area contributed by atoms with E-state index in [1.165, 1.54) is 11.3 Å². The van der Waals surface area contributed by atoms with E-state index >= 15 is 0 Å². The number of amides is 2. The minimum atomic E-state index is -0.185. The number of nitrogens with zero attached hydrogens (tertiary/aromatic N) is 2. The van der Waals surface area contributed by atoms with E-state index in [9.17, 15) is 9.59 Å². The molecule has 2 amide bonds. The summed E-state index contributed by atoms with van der Waals surface area (Å²) in [7, 11) is 0. The van der Waals surface area contributed by atoms with Crippen molar-refractivity contribution in [3.8, 4) is 9.88 Å². The summed E-state index contributed by atoms with van der Waals surface area (Å²) in [5, 5.41) is 5.77. The van der Waals surface area contributed by atoms with Crippen molar-refractivity contribution in [3.63, 3.8) is 0 Å². The number of hydrogen-bond acceptors (Lipinski definition) is 6. The first kappa shape index (κ1) is 19.2. The Hall–Kier alpha value is -2.16. The normalized spacial score (nSPS) is 14.1. The molecule has 28 heavy (non-hydrogen) atoms. The molecule has 1 aliphatic heterocycles. The van der Waals surface area contributed by atoms with Gasteiger partial charge in [-0.05, 0) is 42.1 Å².